The average Bonchev–Trinajstić information content (AvgIpc) is 3.17. The van der Waals surface area contributed by atoms with Crippen LogP contribution in [0.1, 0.15) is 99.3 Å². The van der Waals surface area contributed by atoms with Gasteiger partial charge in [0.2, 0.25) is 0 Å². The Labute approximate surface area is 302 Å². The number of aliphatic hydroxyl groups excluding tert-OH is 2. The van der Waals surface area contributed by atoms with Gasteiger partial charge in [-0.1, -0.05) is 97.1 Å². The van der Waals surface area contributed by atoms with Crippen LogP contribution in [0, 0.1) is 35.5 Å². The van der Waals surface area contributed by atoms with Gasteiger partial charge in [-0.25, -0.2) is 0 Å². The van der Waals surface area contributed by atoms with Gasteiger partial charge in [0.05, 0.1) is 0 Å². The smallest absolute Gasteiger partial charge is 0.0459 e. The predicted molar refractivity (Wildman–Crippen MR) is 209 cm³/mol. The van der Waals surface area contributed by atoms with Crippen LogP contribution in [0.4, 0.5) is 0 Å². The molecular formula is C48H60O2. The monoisotopic (exact) mass is 668 g/mol. The second-order valence-corrected chi connectivity index (χ2v) is 16.5. The maximum atomic E-state index is 9.62. The van der Waals surface area contributed by atoms with Crippen molar-refractivity contribution in [3.05, 3.63) is 119 Å². The molecular weight excluding hydrogens is 609 g/mol. The Hall–Kier alpha value is -3.20. The lowest BCUT2D eigenvalue weighted by atomic mass is 9.75. The molecule has 2 heteroatoms. The molecule has 0 aromatic heterocycles. The Kier molecular flexibility index (Phi) is 12.2. The zero-order chi connectivity index (χ0) is 34.1. The second-order valence-electron chi connectivity index (χ2n) is 16.5. The fourth-order valence-corrected chi connectivity index (χ4v) is 9.96. The molecule has 0 unspecified atom stereocenters. The van der Waals surface area contributed by atoms with Crippen molar-refractivity contribution >= 4 is 0 Å². The van der Waals surface area contributed by atoms with Crippen LogP contribution in [0.5, 0.6) is 0 Å². The van der Waals surface area contributed by atoms with Crippen molar-refractivity contribution in [3.63, 3.8) is 0 Å². The van der Waals surface area contributed by atoms with Gasteiger partial charge in [-0.15, -0.1) is 0 Å². The summed E-state index contributed by atoms with van der Waals surface area (Å²) in [5.74, 6) is 4.01. The molecule has 3 aliphatic carbocycles. The highest BCUT2D eigenvalue weighted by molar-refractivity contribution is 5.72. The van der Waals surface area contributed by atoms with Crippen molar-refractivity contribution < 1.29 is 10.2 Å². The van der Waals surface area contributed by atoms with Gasteiger partial charge in [-0.2, -0.15) is 0 Å². The van der Waals surface area contributed by atoms with Gasteiger partial charge in [0.1, 0.15) is 0 Å². The van der Waals surface area contributed by atoms with Crippen LogP contribution in [0.3, 0.4) is 0 Å². The zero-order valence-corrected chi connectivity index (χ0v) is 30.3. The molecule has 264 valence electrons. The molecule has 2 nitrogen and oxygen atoms in total. The third-order valence-electron chi connectivity index (χ3n) is 13.1. The molecule has 0 bridgehead atoms. The number of aliphatic hydroxyl groups is 2. The summed E-state index contributed by atoms with van der Waals surface area (Å²) in [6.07, 6.45) is 19.7. The lowest BCUT2D eigenvalue weighted by Gasteiger charge is -2.30. The van der Waals surface area contributed by atoms with Gasteiger partial charge >= 0.3 is 0 Å². The Bertz CT molecular complexity index is 1510. The SMILES string of the molecule is OCC1CCC(Cc2ccccc2-c2ccccc2CC2CCC(Cc3ccccc3-c3ccccc3CC3CCC(CO)CC3)CC2)CC1. The molecule has 0 radical (unpaired) electrons. The molecule has 0 spiro atoms. The van der Waals surface area contributed by atoms with E-state index in [-0.39, 0.29) is 0 Å². The molecule has 2 N–H and O–H groups in total. The summed E-state index contributed by atoms with van der Waals surface area (Å²) in [6, 6.07) is 36.9. The van der Waals surface area contributed by atoms with Crippen LogP contribution in [0.2, 0.25) is 0 Å². The van der Waals surface area contributed by atoms with Crippen LogP contribution in [-0.2, 0) is 25.7 Å². The first kappa shape index (κ1) is 35.2. The lowest BCUT2D eigenvalue weighted by molar-refractivity contribution is 0.167. The van der Waals surface area contributed by atoms with E-state index < -0.39 is 0 Å². The molecule has 0 saturated heterocycles. The van der Waals surface area contributed by atoms with E-state index in [4.69, 9.17) is 0 Å². The van der Waals surface area contributed by atoms with Crippen LogP contribution < -0.4 is 0 Å². The molecule has 3 aliphatic rings. The van der Waals surface area contributed by atoms with Crippen molar-refractivity contribution in [2.24, 2.45) is 35.5 Å². The third-order valence-corrected chi connectivity index (χ3v) is 13.1. The summed E-state index contributed by atoms with van der Waals surface area (Å²) >= 11 is 0. The number of benzene rings is 4. The van der Waals surface area contributed by atoms with Gasteiger partial charge in [0, 0.05) is 13.2 Å². The first-order valence-corrected chi connectivity index (χ1v) is 20.2. The number of hydrogen-bond acceptors (Lipinski definition) is 2. The Morgan fingerprint density at radius 1 is 0.300 bits per heavy atom. The molecule has 4 aromatic rings. The fraction of sp³-hybridized carbons (Fsp3) is 0.500. The largest absolute Gasteiger partial charge is 0.396 e. The molecule has 7 rings (SSSR count). The maximum absolute atomic E-state index is 9.62. The molecule has 50 heavy (non-hydrogen) atoms. The molecule has 3 saturated carbocycles. The summed E-state index contributed by atoms with van der Waals surface area (Å²) in [5, 5.41) is 19.2. The normalized spacial score (nSPS) is 25.7. The van der Waals surface area contributed by atoms with E-state index in [1.807, 2.05) is 0 Å². The van der Waals surface area contributed by atoms with Gasteiger partial charge in [-0.3, -0.25) is 0 Å². The second kappa shape index (κ2) is 17.3. The first-order chi connectivity index (χ1) is 24.7. The highest BCUT2D eigenvalue weighted by Crippen LogP contribution is 2.40. The minimum atomic E-state index is 0.356. The highest BCUT2D eigenvalue weighted by Gasteiger charge is 2.26. The topological polar surface area (TPSA) is 40.5 Å². The van der Waals surface area contributed by atoms with Crippen molar-refractivity contribution in [2.45, 2.75) is 103 Å². The minimum Gasteiger partial charge on any atom is -0.396 e. The van der Waals surface area contributed by atoms with Crippen LogP contribution >= 0.6 is 0 Å². The Morgan fingerprint density at radius 2 is 0.500 bits per heavy atom. The van der Waals surface area contributed by atoms with E-state index in [0.29, 0.717) is 25.0 Å². The Balaban J connectivity index is 0.984. The number of rotatable bonds is 12. The summed E-state index contributed by atoms with van der Waals surface area (Å²) in [7, 11) is 0. The molecule has 0 heterocycles. The maximum Gasteiger partial charge on any atom is 0.0459 e. The fourth-order valence-electron chi connectivity index (χ4n) is 9.96. The third kappa shape index (κ3) is 8.80. The van der Waals surface area contributed by atoms with Crippen molar-refractivity contribution in [1.29, 1.82) is 0 Å². The van der Waals surface area contributed by atoms with Crippen molar-refractivity contribution in [1.82, 2.24) is 0 Å². The standard InChI is InChI=1S/C48H60O2/c49-33-39-25-21-37(22-26-39)31-43-11-3-7-15-47(43)45-13-5-1-9-41(45)29-35-17-19-36(20-18-35)30-42-10-2-6-14-46(42)48-16-8-4-12-44(48)32-38-23-27-40(34-50)28-24-38/h1-16,35-40,49-50H,17-34H2. The quantitative estimate of drug-likeness (QED) is 0.158. The predicted octanol–water partition coefficient (Wildman–Crippen LogP) is 11.3. The van der Waals surface area contributed by atoms with Gasteiger partial charge in [-0.05, 0) is 183 Å². The average molecular weight is 669 g/mol. The highest BCUT2D eigenvalue weighted by atomic mass is 16.3. The molecule has 3 fully saturated rings. The number of hydrogen-bond donors (Lipinski definition) is 2. The van der Waals surface area contributed by atoms with Crippen LogP contribution in [0.15, 0.2) is 97.1 Å². The lowest BCUT2D eigenvalue weighted by Crippen LogP contribution is -2.19. The summed E-state index contributed by atoms with van der Waals surface area (Å²) in [5.41, 5.74) is 11.8. The van der Waals surface area contributed by atoms with Crippen LogP contribution in [0.25, 0.3) is 22.3 Å². The van der Waals surface area contributed by atoms with Gasteiger partial charge in [0.15, 0.2) is 0 Å². The summed E-state index contributed by atoms with van der Waals surface area (Å²) < 4.78 is 0. The van der Waals surface area contributed by atoms with E-state index in [9.17, 15) is 10.2 Å². The Morgan fingerprint density at radius 3 is 0.720 bits per heavy atom. The van der Waals surface area contributed by atoms with E-state index in [1.54, 1.807) is 0 Å². The molecule has 0 amide bonds. The summed E-state index contributed by atoms with van der Waals surface area (Å²) in [4.78, 5) is 0. The molecule has 0 aliphatic heterocycles. The van der Waals surface area contributed by atoms with Gasteiger partial charge < -0.3 is 10.2 Å². The van der Waals surface area contributed by atoms with Crippen molar-refractivity contribution in [3.8, 4) is 22.3 Å². The molecule has 0 atom stereocenters. The summed E-state index contributed by atoms with van der Waals surface area (Å²) in [6.45, 7) is 0.712. The van der Waals surface area contributed by atoms with Crippen LogP contribution in [-0.4, -0.2) is 23.4 Å². The zero-order valence-electron chi connectivity index (χ0n) is 30.3. The van der Waals surface area contributed by atoms with E-state index in [1.165, 1.54) is 134 Å². The van der Waals surface area contributed by atoms with E-state index >= 15 is 0 Å². The minimum absolute atomic E-state index is 0.356. The molecule has 4 aromatic carbocycles. The van der Waals surface area contributed by atoms with Gasteiger partial charge in [0.25, 0.3) is 0 Å². The van der Waals surface area contributed by atoms with E-state index in [0.717, 1.165) is 36.5 Å². The van der Waals surface area contributed by atoms with E-state index in [2.05, 4.69) is 97.1 Å². The first-order valence-electron chi connectivity index (χ1n) is 20.2. The van der Waals surface area contributed by atoms with Crippen molar-refractivity contribution in [2.75, 3.05) is 13.2 Å².